The maximum absolute atomic E-state index is 11.9. The number of carbonyl (C=O) groups is 3. The molecule has 7 heteroatoms. The molecule has 1 aromatic heterocycles. The fourth-order valence-corrected chi connectivity index (χ4v) is 1.60. The van der Waals surface area contributed by atoms with Gasteiger partial charge in [0, 0.05) is 20.3 Å². The van der Waals surface area contributed by atoms with E-state index >= 15 is 0 Å². The van der Waals surface area contributed by atoms with Gasteiger partial charge in [-0.3, -0.25) is 29.4 Å². The van der Waals surface area contributed by atoms with Crippen molar-refractivity contribution in [3.63, 3.8) is 0 Å². The third-order valence-electron chi connectivity index (χ3n) is 2.74. The van der Waals surface area contributed by atoms with E-state index in [-0.39, 0.29) is 5.57 Å². The molecule has 0 radical (unpaired) electrons. The molecule has 0 bridgehead atoms. The Kier molecular flexibility index (Phi) is 3.12. The summed E-state index contributed by atoms with van der Waals surface area (Å²) < 4.78 is 0. The van der Waals surface area contributed by atoms with E-state index in [1.165, 1.54) is 32.6 Å². The van der Waals surface area contributed by atoms with E-state index < -0.39 is 17.8 Å². The van der Waals surface area contributed by atoms with E-state index in [1.54, 1.807) is 6.92 Å². The summed E-state index contributed by atoms with van der Waals surface area (Å²) in [5.41, 5.74) is 1.01. The van der Waals surface area contributed by atoms with Crippen molar-refractivity contribution in [3.05, 3.63) is 29.4 Å². The molecule has 0 aromatic carbocycles. The second-order valence-electron chi connectivity index (χ2n) is 4.15. The summed E-state index contributed by atoms with van der Waals surface area (Å²) in [6.07, 6.45) is 4.32. The van der Waals surface area contributed by atoms with E-state index in [4.69, 9.17) is 0 Å². The Morgan fingerprint density at radius 2 is 1.58 bits per heavy atom. The van der Waals surface area contributed by atoms with Gasteiger partial charge in [-0.2, -0.15) is 0 Å². The predicted octanol–water partition coefficient (Wildman–Crippen LogP) is 0.219. The summed E-state index contributed by atoms with van der Waals surface area (Å²) in [7, 11) is 2.64. The minimum Gasteiger partial charge on any atom is -0.268 e. The second kappa shape index (κ2) is 4.60. The largest absolute Gasteiger partial charge is 0.333 e. The molecular weight excluding hydrogens is 248 g/mol. The molecule has 0 spiro atoms. The lowest BCUT2D eigenvalue weighted by Crippen LogP contribution is -2.52. The lowest BCUT2D eigenvalue weighted by atomic mass is 10.1. The monoisotopic (exact) mass is 260 g/mol. The Hall–Kier alpha value is -2.57. The average Bonchev–Trinajstić information content (AvgIpc) is 2.41. The number of likely N-dealkylation sites (N-methyl/N-ethyl adjacent to an activating group) is 2. The number of amides is 4. The first-order chi connectivity index (χ1) is 8.91. The minimum atomic E-state index is -0.651. The highest BCUT2D eigenvalue weighted by molar-refractivity contribution is 6.30. The van der Waals surface area contributed by atoms with Crippen molar-refractivity contribution in [2.75, 3.05) is 14.1 Å². The lowest BCUT2D eigenvalue weighted by Gasteiger charge is -2.28. The summed E-state index contributed by atoms with van der Waals surface area (Å²) in [5, 5.41) is 0. The van der Waals surface area contributed by atoms with Crippen molar-refractivity contribution in [2.45, 2.75) is 6.92 Å². The first-order valence-electron chi connectivity index (χ1n) is 5.52. The van der Waals surface area contributed by atoms with Crippen LogP contribution < -0.4 is 0 Å². The van der Waals surface area contributed by atoms with Gasteiger partial charge < -0.3 is 0 Å². The molecule has 1 aromatic rings. The maximum atomic E-state index is 11.9. The Morgan fingerprint density at radius 3 is 2.05 bits per heavy atom. The van der Waals surface area contributed by atoms with Crippen molar-refractivity contribution in [1.82, 2.24) is 19.8 Å². The number of urea groups is 1. The Bertz CT molecular complexity index is 565. The van der Waals surface area contributed by atoms with Gasteiger partial charge in [0.1, 0.15) is 5.57 Å². The highest BCUT2D eigenvalue weighted by Crippen LogP contribution is 2.16. The quantitative estimate of drug-likeness (QED) is 0.532. The van der Waals surface area contributed by atoms with E-state index in [0.717, 1.165) is 15.5 Å². The minimum absolute atomic E-state index is 0.109. The van der Waals surface area contributed by atoms with Gasteiger partial charge in [0.05, 0.1) is 17.6 Å². The van der Waals surface area contributed by atoms with Gasteiger partial charge in [-0.25, -0.2) is 4.79 Å². The van der Waals surface area contributed by atoms with Crippen LogP contribution in [0.5, 0.6) is 0 Å². The summed E-state index contributed by atoms with van der Waals surface area (Å²) in [4.78, 5) is 45.2. The number of aryl methyl sites for hydroxylation is 1. The third kappa shape index (κ3) is 2.22. The van der Waals surface area contributed by atoms with Crippen LogP contribution in [-0.4, -0.2) is 51.7 Å². The van der Waals surface area contributed by atoms with Crippen LogP contribution in [-0.2, 0) is 9.59 Å². The smallest absolute Gasteiger partial charge is 0.268 e. The zero-order valence-electron chi connectivity index (χ0n) is 10.7. The molecule has 0 saturated carbocycles. The molecule has 0 N–H and O–H groups in total. The topological polar surface area (TPSA) is 83.5 Å². The molecule has 2 heterocycles. The Morgan fingerprint density at radius 1 is 1.00 bits per heavy atom. The predicted molar refractivity (Wildman–Crippen MR) is 65.7 cm³/mol. The van der Waals surface area contributed by atoms with Crippen LogP contribution in [0.1, 0.15) is 11.4 Å². The van der Waals surface area contributed by atoms with Crippen LogP contribution in [0, 0.1) is 6.92 Å². The number of barbiturate groups is 1. The maximum Gasteiger partial charge on any atom is 0.333 e. The first-order valence-corrected chi connectivity index (χ1v) is 5.52. The molecule has 1 fully saturated rings. The average molecular weight is 260 g/mol. The molecule has 0 unspecified atom stereocenters. The van der Waals surface area contributed by atoms with Crippen molar-refractivity contribution in [2.24, 2.45) is 0 Å². The van der Waals surface area contributed by atoms with Crippen LogP contribution in [0.4, 0.5) is 4.79 Å². The van der Waals surface area contributed by atoms with Gasteiger partial charge >= 0.3 is 6.03 Å². The van der Waals surface area contributed by atoms with E-state index in [9.17, 15) is 14.4 Å². The summed E-state index contributed by atoms with van der Waals surface area (Å²) in [6.45, 7) is 1.78. The van der Waals surface area contributed by atoms with Crippen molar-refractivity contribution in [3.8, 4) is 0 Å². The van der Waals surface area contributed by atoms with E-state index in [2.05, 4.69) is 9.97 Å². The van der Waals surface area contributed by atoms with Gasteiger partial charge in [0.2, 0.25) is 0 Å². The summed E-state index contributed by atoms with van der Waals surface area (Å²) in [5.74, 6) is -1.29. The van der Waals surface area contributed by atoms with E-state index in [1.807, 2.05) is 0 Å². The third-order valence-corrected chi connectivity index (χ3v) is 2.74. The number of hydrogen-bond acceptors (Lipinski definition) is 5. The van der Waals surface area contributed by atoms with E-state index in [0.29, 0.717) is 5.69 Å². The Labute approximate surface area is 109 Å². The van der Waals surface area contributed by atoms with Crippen LogP contribution in [0.3, 0.4) is 0 Å². The highest BCUT2D eigenvalue weighted by Gasteiger charge is 2.37. The van der Waals surface area contributed by atoms with Gasteiger partial charge in [-0.15, -0.1) is 0 Å². The number of hydrogen-bond donors (Lipinski definition) is 0. The molecule has 2 rings (SSSR count). The molecular formula is C12H12N4O3. The molecule has 7 nitrogen and oxygen atoms in total. The van der Waals surface area contributed by atoms with Crippen LogP contribution >= 0.6 is 0 Å². The number of imide groups is 2. The fraction of sp³-hybridized carbons (Fsp3) is 0.250. The van der Waals surface area contributed by atoms with Crippen LogP contribution in [0.2, 0.25) is 0 Å². The molecule has 0 atom stereocenters. The van der Waals surface area contributed by atoms with Gasteiger partial charge in [-0.1, -0.05) is 0 Å². The molecule has 19 heavy (non-hydrogen) atoms. The highest BCUT2D eigenvalue weighted by atomic mass is 16.2. The zero-order valence-corrected chi connectivity index (χ0v) is 10.7. The molecule has 4 amide bonds. The van der Waals surface area contributed by atoms with Gasteiger partial charge in [0.25, 0.3) is 11.8 Å². The van der Waals surface area contributed by atoms with Crippen molar-refractivity contribution < 1.29 is 14.4 Å². The summed E-state index contributed by atoms with van der Waals surface area (Å²) >= 11 is 0. The Balaban J connectivity index is 2.42. The van der Waals surface area contributed by atoms with Gasteiger partial charge in [-0.05, 0) is 13.0 Å². The van der Waals surface area contributed by atoms with Crippen molar-refractivity contribution in [1.29, 1.82) is 0 Å². The van der Waals surface area contributed by atoms with Crippen LogP contribution in [0.25, 0.3) is 6.08 Å². The number of rotatable bonds is 1. The SMILES string of the molecule is Cc1cnc(C=C2C(=O)N(C)C(=O)N(C)C2=O)cn1. The van der Waals surface area contributed by atoms with Crippen LogP contribution in [0.15, 0.2) is 18.0 Å². The molecule has 98 valence electrons. The number of carbonyl (C=O) groups excluding carboxylic acids is 3. The molecule has 1 aliphatic rings. The number of nitrogens with zero attached hydrogens (tertiary/aromatic N) is 4. The standard InChI is InChI=1S/C12H12N4O3/c1-7-5-14-8(6-13-7)4-9-10(17)15(2)12(19)16(3)11(9)18/h4-6H,1-3H3. The second-order valence-corrected chi connectivity index (χ2v) is 4.15. The molecule has 1 aliphatic heterocycles. The fourth-order valence-electron chi connectivity index (χ4n) is 1.60. The van der Waals surface area contributed by atoms with Gasteiger partial charge in [0.15, 0.2) is 0 Å². The summed E-state index contributed by atoms with van der Waals surface area (Å²) in [6, 6.07) is -0.651. The lowest BCUT2D eigenvalue weighted by molar-refractivity contribution is -0.134. The first kappa shape index (κ1) is 12.9. The molecule has 1 saturated heterocycles. The molecule has 0 aliphatic carbocycles. The zero-order chi connectivity index (χ0) is 14.2. The number of aromatic nitrogens is 2. The normalized spacial score (nSPS) is 16.2. The van der Waals surface area contributed by atoms with Crippen molar-refractivity contribution >= 4 is 23.9 Å².